The molecule has 204 valence electrons. The van der Waals surface area contributed by atoms with Gasteiger partial charge < -0.3 is 10.5 Å². The molecule has 3 aromatic carbocycles. The van der Waals surface area contributed by atoms with Crippen molar-refractivity contribution in [2.45, 2.75) is 53.1 Å². The van der Waals surface area contributed by atoms with Crippen molar-refractivity contribution in [3.8, 4) is 11.8 Å². The van der Waals surface area contributed by atoms with Gasteiger partial charge >= 0.3 is 0 Å². The number of ketones is 1. The van der Waals surface area contributed by atoms with Gasteiger partial charge in [-0.05, 0) is 78.3 Å². The Bertz CT molecular complexity index is 1630. The van der Waals surface area contributed by atoms with Gasteiger partial charge in [0.05, 0.1) is 28.3 Å². The minimum atomic E-state index is -0.645. The predicted octanol–water partition coefficient (Wildman–Crippen LogP) is 7.62. The zero-order valence-electron chi connectivity index (χ0n) is 23.0. The maximum Gasteiger partial charge on any atom is 0.162 e. The van der Waals surface area contributed by atoms with Gasteiger partial charge in [-0.3, -0.25) is 9.69 Å². The lowest BCUT2D eigenvalue weighted by molar-refractivity contribution is -0.118. The number of anilines is 1. The molecule has 1 heterocycles. The molecule has 1 aliphatic heterocycles. The van der Waals surface area contributed by atoms with Gasteiger partial charge in [-0.15, -0.1) is 0 Å². The summed E-state index contributed by atoms with van der Waals surface area (Å²) in [5.74, 6) is -0.325. The molecule has 2 aliphatic rings. The Morgan fingerprint density at radius 3 is 2.55 bits per heavy atom. The number of Topliss-reactive ketones (excluding diaryl/α,β-unsaturated/α-hetero) is 1. The highest BCUT2D eigenvalue weighted by Crippen LogP contribution is 2.51. The van der Waals surface area contributed by atoms with Gasteiger partial charge in [-0.25, -0.2) is 4.39 Å². The molecule has 0 amide bonds. The monoisotopic (exact) mass is 555 g/mol. The number of nitrogens with zero attached hydrogens (tertiary/aromatic N) is 2. The summed E-state index contributed by atoms with van der Waals surface area (Å²) in [5.41, 5.74) is 12.1. The molecule has 1 aliphatic carbocycles. The third-order valence-corrected chi connectivity index (χ3v) is 8.02. The number of halogens is 2. The molecule has 2 N–H and O–H groups in total. The number of carbonyl (C=O) groups is 1. The van der Waals surface area contributed by atoms with Crippen molar-refractivity contribution in [1.29, 1.82) is 5.26 Å². The molecular weight excluding hydrogens is 525 g/mol. The number of ether oxygens (including phenoxy) is 1. The zero-order chi connectivity index (χ0) is 28.8. The first-order chi connectivity index (χ1) is 19.0. The zero-order valence-corrected chi connectivity index (χ0v) is 23.8. The lowest BCUT2D eigenvalue weighted by Crippen LogP contribution is -2.42. The summed E-state index contributed by atoms with van der Waals surface area (Å²) in [7, 11) is 0. The lowest BCUT2D eigenvalue weighted by atomic mass is 9.68. The lowest BCUT2D eigenvalue weighted by Gasteiger charge is -2.44. The van der Waals surface area contributed by atoms with Gasteiger partial charge in [0.1, 0.15) is 24.0 Å². The molecule has 0 bridgehead atoms. The topological polar surface area (TPSA) is 79.4 Å². The summed E-state index contributed by atoms with van der Waals surface area (Å²) >= 11 is 6.30. The Labute approximate surface area is 239 Å². The largest absolute Gasteiger partial charge is 0.487 e. The molecule has 3 aromatic rings. The summed E-state index contributed by atoms with van der Waals surface area (Å²) in [6.07, 6.45) is 0.888. The van der Waals surface area contributed by atoms with Gasteiger partial charge in [0.15, 0.2) is 5.78 Å². The Hall–Kier alpha value is -4.08. The Balaban J connectivity index is 1.67. The van der Waals surface area contributed by atoms with Gasteiger partial charge in [0, 0.05) is 17.7 Å². The molecule has 0 aromatic heterocycles. The molecule has 5 rings (SSSR count). The summed E-state index contributed by atoms with van der Waals surface area (Å²) in [5, 5.41) is 10.9. The normalized spacial score (nSPS) is 18.5. The fourth-order valence-electron chi connectivity index (χ4n) is 5.83. The van der Waals surface area contributed by atoms with Crippen LogP contribution in [0.25, 0.3) is 0 Å². The Kier molecular flexibility index (Phi) is 7.20. The molecule has 0 saturated carbocycles. The number of aryl methyl sites for hydroxylation is 2. The number of nitriles is 1. The van der Waals surface area contributed by atoms with Crippen LogP contribution in [0.1, 0.15) is 54.9 Å². The first kappa shape index (κ1) is 27.5. The highest BCUT2D eigenvalue weighted by atomic mass is 35.5. The number of carbonyl (C=O) groups excluding carboxylic acids is 1. The fourth-order valence-corrected chi connectivity index (χ4v) is 6.02. The first-order valence-corrected chi connectivity index (χ1v) is 13.6. The molecule has 0 radical (unpaired) electrons. The number of para-hydroxylation sites is 1. The summed E-state index contributed by atoms with van der Waals surface area (Å²) in [6, 6.07) is 19.7. The molecule has 7 heteroatoms. The van der Waals surface area contributed by atoms with Crippen molar-refractivity contribution in [3.05, 3.63) is 116 Å². The number of rotatable bonds is 5. The van der Waals surface area contributed by atoms with Gasteiger partial charge in [-0.1, -0.05) is 55.8 Å². The second kappa shape index (κ2) is 10.5. The van der Waals surface area contributed by atoms with E-state index in [1.807, 2.05) is 58.0 Å². The van der Waals surface area contributed by atoms with Crippen LogP contribution < -0.4 is 15.4 Å². The number of hydrogen-bond donors (Lipinski definition) is 1. The minimum absolute atomic E-state index is 0.0354. The third kappa shape index (κ3) is 4.98. The van der Waals surface area contributed by atoms with Crippen molar-refractivity contribution in [3.63, 3.8) is 0 Å². The van der Waals surface area contributed by atoms with Crippen molar-refractivity contribution >= 4 is 23.1 Å². The van der Waals surface area contributed by atoms with Crippen molar-refractivity contribution < 1.29 is 13.9 Å². The van der Waals surface area contributed by atoms with E-state index in [0.717, 1.165) is 22.3 Å². The first-order valence-electron chi connectivity index (χ1n) is 13.2. The van der Waals surface area contributed by atoms with Crippen LogP contribution in [0.3, 0.4) is 0 Å². The second-order valence-electron chi connectivity index (χ2n) is 11.3. The Morgan fingerprint density at radius 1 is 1.10 bits per heavy atom. The average molecular weight is 556 g/mol. The molecular formula is C33H31ClFN3O2. The number of allylic oxidation sites excluding steroid dienone is 3. The van der Waals surface area contributed by atoms with Crippen LogP contribution in [0.2, 0.25) is 5.02 Å². The van der Waals surface area contributed by atoms with E-state index in [4.69, 9.17) is 22.1 Å². The van der Waals surface area contributed by atoms with Crippen LogP contribution in [0.15, 0.2) is 83.3 Å². The standard InChI is InChI=1S/C33H31ClFN3O2/c1-19-12-20(2)24(13-21(19)18-40-29-11-6-5-10-26(29)34)30-25(17-36)32(37)38(23-9-7-8-22(35)14-23)27-15-33(3,4)16-28(39)31(27)30/h5-14,30H,15-16,18,37H2,1-4H3. The summed E-state index contributed by atoms with van der Waals surface area (Å²) in [6.45, 7) is 8.31. The summed E-state index contributed by atoms with van der Waals surface area (Å²) in [4.78, 5) is 15.6. The van der Waals surface area contributed by atoms with Gasteiger partial charge in [-0.2, -0.15) is 5.26 Å². The number of hydrogen-bond acceptors (Lipinski definition) is 5. The van der Waals surface area contributed by atoms with E-state index in [1.165, 1.54) is 12.1 Å². The molecule has 0 fully saturated rings. The number of nitrogens with two attached hydrogens (primary N) is 1. The molecule has 1 unspecified atom stereocenters. The third-order valence-electron chi connectivity index (χ3n) is 7.70. The predicted molar refractivity (Wildman–Crippen MR) is 155 cm³/mol. The van der Waals surface area contributed by atoms with E-state index < -0.39 is 11.7 Å². The van der Waals surface area contributed by atoms with Crippen molar-refractivity contribution in [2.24, 2.45) is 11.1 Å². The SMILES string of the molecule is Cc1cc(C)c(C2C(C#N)=C(N)N(c3cccc(F)c3)C3=C2C(=O)CC(C)(C)C3)cc1COc1ccccc1Cl. The van der Waals surface area contributed by atoms with Crippen LogP contribution in [0, 0.1) is 36.4 Å². The second-order valence-corrected chi connectivity index (χ2v) is 11.7. The van der Waals surface area contributed by atoms with Crippen molar-refractivity contribution in [2.75, 3.05) is 4.90 Å². The fraction of sp³-hybridized carbons (Fsp3) is 0.273. The van der Waals surface area contributed by atoms with E-state index in [2.05, 4.69) is 6.07 Å². The summed E-state index contributed by atoms with van der Waals surface area (Å²) < 4.78 is 20.4. The van der Waals surface area contributed by atoms with Gasteiger partial charge in [0.2, 0.25) is 0 Å². The molecule has 5 nitrogen and oxygen atoms in total. The van der Waals surface area contributed by atoms with Gasteiger partial charge in [0.25, 0.3) is 0 Å². The van der Waals surface area contributed by atoms with Crippen LogP contribution in [0.5, 0.6) is 5.75 Å². The van der Waals surface area contributed by atoms with Crippen LogP contribution in [-0.4, -0.2) is 5.78 Å². The van der Waals surface area contributed by atoms with E-state index in [-0.39, 0.29) is 29.2 Å². The highest BCUT2D eigenvalue weighted by molar-refractivity contribution is 6.32. The average Bonchev–Trinajstić information content (AvgIpc) is 2.88. The van der Waals surface area contributed by atoms with E-state index >= 15 is 0 Å². The van der Waals surface area contributed by atoms with Crippen LogP contribution >= 0.6 is 11.6 Å². The number of benzene rings is 3. The van der Waals surface area contributed by atoms with Crippen LogP contribution in [0.4, 0.5) is 10.1 Å². The molecule has 1 atom stereocenters. The Morgan fingerprint density at radius 2 is 1.85 bits per heavy atom. The molecule has 40 heavy (non-hydrogen) atoms. The van der Waals surface area contributed by atoms with E-state index in [1.54, 1.807) is 23.1 Å². The maximum absolute atomic E-state index is 14.3. The quantitative estimate of drug-likeness (QED) is 0.350. The van der Waals surface area contributed by atoms with Crippen molar-refractivity contribution in [1.82, 2.24) is 0 Å². The van der Waals surface area contributed by atoms with E-state index in [0.29, 0.717) is 40.6 Å². The smallest absolute Gasteiger partial charge is 0.162 e. The van der Waals surface area contributed by atoms with E-state index in [9.17, 15) is 14.4 Å². The maximum atomic E-state index is 14.3. The molecule has 0 spiro atoms. The minimum Gasteiger partial charge on any atom is -0.487 e. The molecule has 0 saturated heterocycles. The van der Waals surface area contributed by atoms with Crippen LogP contribution in [-0.2, 0) is 11.4 Å². The highest BCUT2D eigenvalue weighted by Gasteiger charge is 2.45.